The minimum Gasteiger partial charge on any atom is -0.468 e. The van der Waals surface area contributed by atoms with Crippen LogP contribution in [0.5, 0.6) is 0 Å². The summed E-state index contributed by atoms with van der Waals surface area (Å²) in [6, 6.07) is 13.2. The van der Waals surface area contributed by atoms with E-state index in [0.29, 0.717) is 0 Å². The van der Waals surface area contributed by atoms with E-state index in [1.807, 2.05) is 49.4 Å². The number of hydrogen-bond donors (Lipinski definition) is 1. The second kappa shape index (κ2) is 7.82. The van der Waals surface area contributed by atoms with E-state index < -0.39 is 17.9 Å². The lowest BCUT2D eigenvalue weighted by Gasteiger charge is -2.15. The number of rotatable bonds is 6. The quantitative estimate of drug-likeness (QED) is 0.545. The molecule has 1 N–H and O–H groups in total. The number of ether oxygens (including phenoxy) is 2. The zero-order chi connectivity index (χ0) is 18.5. The third kappa shape index (κ3) is 3.91. The molecule has 3 aromatic rings. The zero-order valence-corrected chi connectivity index (χ0v) is 14.7. The normalized spacial score (nSPS) is 11.9. The Kier molecular flexibility index (Phi) is 5.31. The molecule has 6 nitrogen and oxygen atoms in total. The predicted octanol–water partition coefficient (Wildman–Crippen LogP) is 2.95. The van der Waals surface area contributed by atoms with Gasteiger partial charge < -0.3 is 9.47 Å². The molecule has 26 heavy (non-hydrogen) atoms. The van der Waals surface area contributed by atoms with Crippen LogP contribution in [-0.4, -0.2) is 29.2 Å². The van der Waals surface area contributed by atoms with Gasteiger partial charge in [-0.15, -0.1) is 0 Å². The first kappa shape index (κ1) is 17.7. The number of aromatic amines is 1. The predicted molar refractivity (Wildman–Crippen MR) is 96.3 cm³/mol. The van der Waals surface area contributed by atoms with Crippen molar-refractivity contribution in [3.8, 4) is 0 Å². The second-order valence-electron chi connectivity index (χ2n) is 6.12. The van der Waals surface area contributed by atoms with Crippen molar-refractivity contribution in [3.63, 3.8) is 0 Å². The highest BCUT2D eigenvalue weighted by atomic mass is 16.5. The van der Waals surface area contributed by atoms with Gasteiger partial charge >= 0.3 is 11.9 Å². The van der Waals surface area contributed by atoms with E-state index in [-0.39, 0.29) is 13.0 Å². The number of H-pyrrole nitrogens is 1. The molecule has 0 aliphatic rings. The number of aryl methyl sites for hydroxylation is 1. The molecule has 0 spiro atoms. The summed E-state index contributed by atoms with van der Waals surface area (Å²) in [5.74, 6) is -2.20. The molecule has 0 radical (unpaired) electrons. The number of nitrogens with zero attached hydrogens (tertiary/aromatic N) is 1. The molecule has 0 fully saturated rings. The molecule has 1 heterocycles. The Morgan fingerprint density at radius 3 is 2.62 bits per heavy atom. The van der Waals surface area contributed by atoms with Crippen LogP contribution in [0.4, 0.5) is 0 Å². The molecule has 3 rings (SSSR count). The Hall–Kier alpha value is -3.15. The molecule has 0 saturated carbocycles. The van der Waals surface area contributed by atoms with E-state index in [1.165, 1.54) is 7.11 Å². The van der Waals surface area contributed by atoms with E-state index in [2.05, 4.69) is 10.2 Å². The maximum Gasteiger partial charge on any atom is 0.321 e. The number of fused-ring (bicyclic) bond motifs is 1. The van der Waals surface area contributed by atoms with Crippen molar-refractivity contribution in [1.29, 1.82) is 0 Å². The summed E-state index contributed by atoms with van der Waals surface area (Å²) in [5, 5.41) is 7.89. The monoisotopic (exact) mass is 352 g/mol. The summed E-state index contributed by atoms with van der Waals surface area (Å²) >= 11 is 0. The molecule has 0 aliphatic carbocycles. The number of carbonyl (C=O) groups excluding carboxylic acids is 2. The fraction of sp³-hybridized carbons (Fsp3) is 0.250. The molecular formula is C20H20N2O4. The Morgan fingerprint density at radius 1 is 1.12 bits per heavy atom. The van der Waals surface area contributed by atoms with Crippen molar-refractivity contribution in [2.45, 2.75) is 20.0 Å². The van der Waals surface area contributed by atoms with Crippen LogP contribution in [-0.2, 0) is 32.1 Å². The lowest BCUT2D eigenvalue weighted by atomic mass is 9.97. The van der Waals surface area contributed by atoms with E-state index in [4.69, 9.17) is 9.47 Å². The van der Waals surface area contributed by atoms with Gasteiger partial charge in [0.25, 0.3) is 0 Å². The number of methoxy groups -OCH3 is 1. The van der Waals surface area contributed by atoms with Crippen molar-refractivity contribution in [2.24, 2.45) is 5.92 Å². The fourth-order valence-corrected chi connectivity index (χ4v) is 2.90. The van der Waals surface area contributed by atoms with Crippen molar-refractivity contribution in [2.75, 3.05) is 7.11 Å². The van der Waals surface area contributed by atoms with E-state index in [1.54, 1.807) is 6.20 Å². The number of hydrogen-bond acceptors (Lipinski definition) is 5. The summed E-state index contributed by atoms with van der Waals surface area (Å²) in [5.41, 5.74) is 3.65. The lowest BCUT2D eigenvalue weighted by Crippen LogP contribution is -2.29. The van der Waals surface area contributed by atoms with Crippen LogP contribution in [0.3, 0.4) is 0 Å². The maximum atomic E-state index is 12.5. The van der Waals surface area contributed by atoms with Crippen molar-refractivity contribution in [3.05, 3.63) is 65.4 Å². The third-order valence-corrected chi connectivity index (χ3v) is 4.24. The number of esters is 2. The van der Waals surface area contributed by atoms with Gasteiger partial charge in [0.2, 0.25) is 0 Å². The smallest absolute Gasteiger partial charge is 0.321 e. The van der Waals surface area contributed by atoms with E-state index in [9.17, 15) is 9.59 Å². The van der Waals surface area contributed by atoms with Gasteiger partial charge in [0.15, 0.2) is 5.92 Å². The van der Waals surface area contributed by atoms with Gasteiger partial charge in [-0.3, -0.25) is 14.7 Å². The Balaban J connectivity index is 1.76. The second-order valence-corrected chi connectivity index (χ2v) is 6.12. The first-order valence-corrected chi connectivity index (χ1v) is 8.29. The molecule has 0 amide bonds. The van der Waals surface area contributed by atoms with E-state index in [0.717, 1.165) is 27.6 Å². The number of nitrogens with one attached hydrogen (secondary N) is 1. The minimum atomic E-state index is -1.01. The Morgan fingerprint density at radius 2 is 1.88 bits per heavy atom. The van der Waals surface area contributed by atoms with Crippen LogP contribution in [0.15, 0.2) is 48.7 Å². The van der Waals surface area contributed by atoms with Gasteiger partial charge in [0, 0.05) is 5.39 Å². The standard InChI is InChI=1S/C20H20N2O4/c1-13-8-15(9-16-11-21-22-18(13)16)10-17(19(23)25-2)20(24)26-12-14-6-4-3-5-7-14/h3-9,11,17H,10,12H2,1-2H3,(H,21,22). The molecule has 1 unspecified atom stereocenters. The molecule has 134 valence electrons. The van der Waals surface area contributed by atoms with Crippen LogP contribution >= 0.6 is 0 Å². The first-order chi connectivity index (χ1) is 12.6. The average Bonchev–Trinajstić information content (AvgIpc) is 3.13. The van der Waals surface area contributed by atoms with Gasteiger partial charge in [0.05, 0.1) is 18.8 Å². The lowest BCUT2D eigenvalue weighted by molar-refractivity contribution is -0.161. The fourth-order valence-electron chi connectivity index (χ4n) is 2.90. The molecule has 0 aliphatic heterocycles. The van der Waals surface area contributed by atoms with Gasteiger partial charge in [-0.25, -0.2) is 0 Å². The summed E-state index contributed by atoms with van der Waals surface area (Å²) in [4.78, 5) is 24.6. The van der Waals surface area contributed by atoms with Gasteiger partial charge in [0.1, 0.15) is 6.61 Å². The van der Waals surface area contributed by atoms with Crippen molar-refractivity contribution >= 4 is 22.8 Å². The highest BCUT2D eigenvalue weighted by Crippen LogP contribution is 2.21. The van der Waals surface area contributed by atoms with Gasteiger partial charge in [-0.2, -0.15) is 5.10 Å². The topological polar surface area (TPSA) is 81.3 Å². The van der Waals surface area contributed by atoms with Crippen molar-refractivity contribution < 1.29 is 19.1 Å². The number of aromatic nitrogens is 2. The summed E-state index contributed by atoms with van der Waals surface area (Å²) in [7, 11) is 1.27. The van der Waals surface area contributed by atoms with Crippen LogP contribution in [0.1, 0.15) is 16.7 Å². The van der Waals surface area contributed by atoms with Crippen LogP contribution in [0, 0.1) is 12.8 Å². The van der Waals surface area contributed by atoms with Gasteiger partial charge in [-0.05, 0) is 36.1 Å². The highest BCUT2D eigenvalue weighted by molar-refractivity contribution is 5.95. The Labute approximate surface area is 151 Å². The highest BCUT2D eigenvalue weighted by Gasteiger charge is 2.29. The molecule has 2 aromatic carbocycles. The average molecular weight is 352 g/mol. The molecule has 6 heteroatoms. The molecule has 1 atom stereocenters. The Bertz CT molecular complexity index is 918. The van der Waals surface area contributed by atoms with Crippen LogP contribution in [0.2, 0.25) is 0 Å². The van der Waals surface area contributed by atoms with Crippen LogP contribution in [0.25, 0.3) is 10.9 Å². The molecular weight excluding hydrogens is 332 g/mol. The molecule has 1 aromatic heterocycles. The minimum absolute atomic E-state index is 0.118. The van der Waals surface area contributed by atoms with Crippen molar-refractivity contribution in [1.82, 2.24) is 10.2 Å². The zero-order valence-electron chi connectivity index (χ0n) is 14.7. The summed E-state index contributed by atoms with van der Waals surface area (Å²) in [6.45, 7) is 2.07. The maximum absolute atomic E-state index is 12.5. The first-order valence-electron chi connectivity index (χ1n) is 8.29. The SMILES string of the molecule is COC(=O)C(Cc1cc(C)c2[nH]ncc2c1)C(=O)OCc1ccccc1. The van der Waals surface area contributed by atoms with Crippen LogP contribution < -0.4 is 0 Å². The summed E-state index contributed by atoms with van der Waals surface area (Å²) < 4.78 is 10.1. The number of benzene rings is 2. The summed E-state index contributed by atoms with van der Waals surface area (Å²) in [6.07, 6.45) is 1.93. The molecule has 0 saturated heterocycles. The number of carbonyl (C=O) groups is 2. The molecule has 0 bridgehead atoms. The van der Waals surface area contributed by atoms with E-state index >= 15 is 0 Å². The third-order valence-electron chi connectivity index (χ3n) is 4.24. The largest absolute Gasteiger partial charge is 0.468 e. The van der Waals surface area contributed by atoms with Gasteiger partial charge in [-0.1, -0.05) is 36.4 Å².